The van der Waals surface area contributed by atoms with Gasteiger partial charge in [-0.15, -0.1) is 0 Å². The highest BCUT2D eigenvalue weighted by Gasteiger charge is 2.13. The summed E-state index contributed by atoms with van der Waals surface area (Å²) in [5, 5.41) is 9.41. The second kappa shape index (κ2) is 4.89. The number of hydrogen-bond acceptors (Lipinski definition) is 5. The second-order valence-corrected chi connectivity index (χ2v) is 4.86. The van der Waals surface area contributed by atoms with E-state index in [1.807, 2.05) is 0 Å². The Hall–Kier alpha value is -2.48. The summed E-state index contributed by atoms with van der Waals surface area (Å²) >= 11 is 1.02. The number of fused-ring (bicyclic) bond motifs is 1. The molecule has 100 valence electrons. The van der Waals surface area contributed by atoms with Crippen LogP contribution in [-0.4, -0.2) is 31.0 Å². The van der Waals surface area contributed by atoms with Crippen molar-refractivity contribution < 1.29 is 14.3 Å². The molecular weight excluding hydrogens is 283 g/mol. The molecule has 2 aromatic heterocycles. The van der Waals surface area contributed by atoms with Crippen LogP contribution in [0.15, 0.2) is 40.8 Å². The molecule has 0 aliphatic heterocycles. The molecule has 6 nitrogen and oxygen atoms in total. The fraction of sp³-hybridized carbons (Fsp3) is 0. The molecule has 2 N–H and O–H groups in total. The van der Waals surface area contributed by atoms with E-state index in [2.05, 4.69) is 19.9 Å². The minimum Gasteiger partial charge on any atom is -0.478 e. The van der Waals surface area contributed by atoms with Crippen molar-refractivity contribution in [1.29, 1.82) is 0 Å². The summed E-state index contributed by atoms with van der Waals surface area (Å²) in [5.74, 6) is -1.62. The highest BCUT2D eigenvalue weighted by Crippen LogP contribution is 2.32. The molecule has 0 aliphatic carbocycles. The van der Waals surface area contributed by atoms with E-state index in [-0.39, 0.29) is 10.5 Å². The number of nitrogens with zero attached hydrogens (tertiary/aromatic N) is 3. The lowest BCUT2D eigenvalue weighted by atomic mass is 10.2. The van der Waals surface area contributed by atoms with E-state index in [1.54, 1.807) is 0 Å². The number of hydrogen-bond donors (Lipinski definition) is 2. The maximum Gasteiger partial charge on any atom is 0.335 e. The van der Waals surface area contributed by atoms with E-state index >= 15 is 0 Å². The monoisotopic (exact) mass is 290 g/mol. The zero-order chi connectivity index (χ0) is 14.1. The molecule has 0 unspecified atom stereocenters. The predicted molar refractivity (Wildman–Crippen MR) is 69.2 cm³/mol. The molecule has 2 heterocycles. The number of carbonyl (C=O) groups is 1. The number of carboxylic acid groups (broad SMARTS) is 1. The number of nitrogens with one attached hydrogen (secondary N) is 1. The summed E-state index contributed by atoms with van der Waals surface area (Å²) in [7, 11) is 0. The van der Waals surface area contributed by atoms with Gasteiger partial charge in [-0.1, -0.05) is 11.8 Å². The van der Waals surface area contributed by atoms with E-state index < -0.39 is 11.8 Å². The number of rotatable bonds is 3. The molecule has 0 amide bonds. The lowest BCUT2D eigenvalue weighted by Gasteiger charge is -2.04. The van der Waals surface area contributed by atoms with Crippen LogP contribution in [0.3, 0.4) is 0 Å². The molecule has 3 aromatic rings. The van der Waals surface area contributed by atoms with Gasteiger partial charge in [-0.25, -0.2) is 24.1 Å². The van der Waals surface area contributed by atoms with Gasteiger partial charge in [0, 0.05) is 0 Å². The van der Waals surface area contributed by atoms with E-state index in [9.17, 15) is 9.18 Å². The van der Waals surface area contributed by atoms with Gasteiger partial charge in [-0.3, -0.25) is 0 Å². The van der Waals surface area contributed by atoms with Crippen LogP contribution in [0.2, 0.25) is 0 Å². The smallest absolute Gasteiger partial charge is 0.335 e. The van der Waals surface area contributed by atoms with Crippen LogP contribution >= 0.6 is 11.8 Å². The standard InChI is InChI=1S/C12H7FN4O2S/c13-7-2-1-6(12(18)19)3-8(7)20-11-9-10(15-4-14-9)16-5-17-11/h1-5H,(H,18,19)(H,14,15,16,17). The maximum atomic E-state index is 13.8. The largest absolute Gasteiger partial charge is 0.478 e. The summed E-state index contributed by atoms with van der Waals surface area (Å²) in [5.41, 5.74) is 1.07. The highest BCUT2D eigenvalue weighted by molar-refractivity contribution is 7.99. The van der Waals surface area contributed by atoms with Crippen LogP contribution < -0.4 is 0 Å². The van der Waals surface area contributed by atoms with Crippen LogP contribution in [-0.2, 0) is 0 Å². The minimum atomic E-state index is -1.11. The Morgan fingerprint density at radius 3 is 2.95 bits per heavy atom. The van der Waals surface area contributed by atoms with Crippen LogP contribution in [0.5, 0.6) is 0 Å². The molecule has 20 heavy (non-hydrogen) atoms. The molecular formula is C12H7FN4O2S. The number of H-pyrrole nitrogens is 1. The summed E-state index contributed by atoms with van der Waals surface area (Å²) in [4.78, 5) is 26.0. The van der Waals surface area contributed by atoms with Gasteiger partial charge in [0.05, 0.1) is 16.8 Å². The van der Waals surface area contributed by atoms with Crippen LogP contribution in [0.25, 0.3) is 11.2 Å². The molecule has 1 aromatic carbocycles. The zero-order valence-corrected chi connectivity index (χ0v) is 10.7. The van der Waals surface area contributed by atoms with E-state index in [1.165, 1.54) is 24.8 Å². The first kappa shape index (κ1) is 12.5. The summed E-state index contributed by atoms with van der Waals surface area (Å²) in [6.07, 6.45) is 2.79. The summed E-state index contributed by atoms with van der Waals surface area (Å²) < 4.78 is 13.8. The van der Waals surface area contributed by atoms with Crippen molar-refractivity contribution in [3.63, 3.8) is 0 Å². The number of aromatic amines is 1. The molecule has 3 rings (SSSR count). The maximum absolute atomic E-state index is 13.8. The Labute approximate surface area is 116 Å². The first-order valence-corrected chi connectivity index (χ1v) is 6.31. The van der Waals surface area contributed by atoms with Crippen molar-refractivity contribution >= 4 is 28.9 Å². The highest BCUT2D eigenvalue weighted by atomic mass is 32.2. The van der Waals surface area contributed by atoms with Gasteiger partial charge in [-0.2, -0.15) is 0 Å². The van der Waals surface area contributed by atoms with Crippen LogP contribution in [0.4, 0.5) is 4.39 Å². The average Bonchev–Trinajstić information content (AvgIpc) is 2.90. The van der Waals surface area contributed by atoms with Crippen molar-refractivity contribution in [1.82, 2.24) is 19.9 Å². The molecule has 0 fully saturated rings. The Bertz CT molecular complexity index is 805. The Morgan fingerprint density at radius 2 is 2.15 bits per heavy atom. The SMILES string of the molecule is O=C(O)c1ccc(F)c(Sc2ncnc3nc[nH]c23)c1. The number of imidazole rings is 1. The third-order valence-corrected chi connectivity index (χ3v) is 3.61. The van der Waals surface area contributed by atoms with Crippen molar-refractivity contribution in [2.24, 2.45) is 0 Å². The van der Waals surface area contributed by atoms with Gasteiger partial charge in [0.25, 0.3) is 0 Å². The molecule has 0 saturated carbocycles. The Kier molecular flexibility index (Phi) is 3.07. The number of carboxylic acids is 1. The fourth-order valence-corrected chi connectivity index (χ4v) is 2.55. The predicted octanol–water partition coefficient (Wildman–Crippen LogP) is 2.34. The summed E-state index contributed by atoms with van der Waals surface area (Å²) in [6.45, 7) is 0. The first-order chi connectivity index (χ1) is 9.65. The molecule has 8 heteroatoms. The quantitative estimate of drug-likeness (QED) is 0.719. The third kappa shape index (κ3) is 2.21. The number of benzene rings is 1. The van der Waals surface area contributed by atoms with Crippen molar-refractivity contribution in [2.45, 2.75) is 9.92 Å². The van der Waals surface area contributed by atoms with Gasteiger partial charge in [0.1, 0.15) is 22.7 Å². The van der Waals surface area contributed by atoms with Crippen molar-refractivity contribution in [3.05, 3.63) is 42.2 Å². The van der Waals surface area contributed by atoms with Crippen LogP contribution in [0, 0.1) is 5.82 Å². The topological polar surface area (TPSA) is 91.8 Å². The molecule has 0 saturated heterocycles. The van der Waals surface area contributed by atoms with Crippen molar-refractivity contribution in [3.8, 4) is 0 Å². The summed E-state index contributed by atoms with van der Waals surface area (Å²) in [6, 6.07) is 3.61. The second-order valence-electron chi connectivity index (χ2n) is 3.83. The van der Waals surface area contributed by atoms with Gasteiger partial charge < -0.3 is 10.1 Å². The number of halogens is 1. The lowest BCUT2D eigenvalue weighted by Crippen LogP contribution is -1.97. The van der Waals surface area contributed by atoms with Gasteiger partial charge in [0.15, 0.2) is 5.65 Å². The van der Waals surface area contributed by atoms with Gasteiger partial charge in [-0.05, 0) is 18.2 Å². The number of aromatic nitrogens is 4. The average molecular weight is 290 g/mol. The van der Waals surface area contributed by atoms with E-state index in [0.29, 0.717) is 16.2 Å². The molecule has 0 spiro atoms. The van der Waals surface area contributed by atoms with E-state index in [4.69, 9.17) is 5.11 Å². The number of aromatic carboxylic acids is 1. The van der Waals surface area contributed by atoms with Crippen LogP contribution in [0.1, 0.15) is 10.4 Å². The Morgan fingerprint density at radius 1 is 1.30 bits per heavy atom. The molecule has 0 bridgehead atoms. The fourth-order valence-electron chi connectivity index (χ4n) is 1.64. The Balaban J connectivity index is 2.04. The molecule has 0 radical (unpaired) electrons. The minimum absolute atomic E-state index is 0.0174. The third-order valence-electron chi connectivity index (χ3n) is 2.57. The van der Waals surface area contributed by atoms with E-state index in [0.717, 1.165) is 17.8 Å². The van der Waals surface area contributed by atoms with Gasteiger partial charge in [0.2, 0.25) is 0 Å². The normalized spacial score (nSPS) is 10.8. The first-order valence-electron chi connectivity index (χ1n) is 5.50. The van der Waals surface area contributed by atoms with Gasteiger partial charge >= 0.3 is 5.97 Å². The van der Waals surface area contributed by atoms with Crippen molar-refractivity contribution in [2.75, 3.05) is 0 Å². The lowest BCUT2D eigenvalue weighted by molar-refractivity contribution is 0.0696. The zero-order valence-electron chi connectivity index (χ0n) is 9.87. The molecule has 0 aliphatic rings. The molecule has 0 atom stereocenters.